The topological polar surface area (TPSA) is 35.2 Å². The van der Waals surface area contributed by atoms with Crippen LogP contribution in [0.3, 0.4) is 0 Å². The van der Waals surface area contributed by atoms with Crippen molar-refractivity contribution in [1.82, 2.24) is 0 Å². The van der Waals surface area contributed by atoms with Gasteiger partial charge in [0.25, 0.3) is 0 Å². The predicted octanol–water partition coefficient (Wildman–Crippen LogP) is 2.07. The zero-order valence-corrected chi connectivity index (χ0v) is 8.43. The van der Waals surface area contributed by atoms with Gasteiger partial charge in [-0.15, -0.1) is 11.8 Å². The molecule has 0 aliphatic carbocycles. The molecule has 0 spiro atoms. The highest BCUT2D eigenvalue weighted by Gasteiger charge is 2.20. The van der Waals surface area contributed by atoms with Gasteiger partial charge in [0.15, 0.2) is 0 Å². The molecule has 1 heterocycles. The van der Waals surface area contributed by atoms with Crippen LogP contribution in [-0.4, -0.2) is 18.5 Å². The van der Waals surface area contributed by atoms with Gasteiger partial charge in [0.05, 0.1) is 18.5 Å². The zero-order valence-electron chi connectivity index (χ0n) is 7.62. The third kappa shape index (κ3) is 1.98. The molecule has 0 unspecified atom stereocenters. The van der Waals surface area contributed by atoms with Crippen molar-refractivity contribution < 1.29 is 4.74 Å². The van der Waals surface area contributed by atoms with E-state index < -0.39 is 0 Å². The first-order valence-electron chi connectivity index (χ1n) is 4.36. The van der Waals surface area contributed by atoms with Gasteiger partial charge in [0.1, 0.15) is 0 Å². The van der Waals surface area contributed by atoms with Gasteiger partial charge in [0, 0.05) is 10.6 Å². The highest BCUT2D eigenvalue weighted by Crippen LogP contribution is 2.32. The molecule has 2 nitrogen and oxygen atoms in total. The summed E-state index contributed by atoms with van der Waals surface area (Å²) in [6.07, 6.45) is 0. The largest absolute Gasteiger partial charge is 0.398 e. The lowest BCUT2D eigenvalue weighted by Gasteiger charge is -2.25. The van der Waals surface area contributed by atoms with Crippen LogP contribution < -0.4 is 5.73 Å². The lowest BCUT2D eigenvalue weighted by atomic mass is 10.2. The molecule has 0 bridgehead atoms. The van der Waals surface area contributed by atoms with E-state index in [1.165, 1.54) is 10.5 Å². The summed E-state index contributed by atoms with van der Waals surface area (Å²) < 4.78 is 5.12. The molecule has 0 saturated carbocycles. The molecule has 1 aliphatic rings. The fraction of sp³-hybridized carbons (Fsp3) is 0.400. The van der Waals surface area contributed by atoms with E-state index in [1.807, 2.05) is 23.9 Å². The standard InChI is InChI=1S/C10H13NOS/c1-7-2-3-9(11)10(4-7)13-8-5-12-6-8/h2-4,8H,5-6,11H2,1H3. The number of nitrogens with two attached hydrogens (primary N) is 1. The smallest absolute Gasteiger partial charge is 0.0611 e. The quantitative estimate of drug-likeness (QED) is 0.734. The monoisotopic (exact) mass is 195 g/mol. The number of aryl methyl sites for hydroxylation is 1. The first-order valence-corrected chi connectivity index (χ1v) is 5.24. The van der Waals surface area contributed by atoms with Crippen molar-refractivity contribution in [2.75, 3.05) is 18.9 Å². The first kappa shape index (κ1) is 8.91. The van der Waals surface area contributed by atoms with Gasteiger partial charge < -0.3 is 10.5 Å². The average Bonchev–Trinajstić information content (AvgIpc) is 2.03. The number of hydrogen-bond donors (Lipinski definition) is 1. The van der Waals surface area contributed by atoms with Crippen molar-refractivity contribution in [3.63, 3.8) is 0 Å². The number of benzene rings is 1. The second-order valence-electron chi connectivity index (χ2n) is 3.32. The van der Waals surface area contributed by atoms with Gasteiger partial charge >= 0.3 is 0 Å². The van der Waals surface area contributed by atoms with Crippen molar-refractivity contribution in [1.29, 1.82) is 0 Å². The number of rotatable bonds is 2. The van der Waals surface area contributed by atoms with E-state index in [0.717, 1.165) is 18.9 Å². The fourth-order valence-electron chi connectivity index (χ4n) is 1.21. The van der Waals surface area contributed by atoms with Gasteiger partial charge in [-0.25, -0.2) is 0 Å². The van der Waals surface area contributed by atoms with Gasteiger partial charge in [-0.05, 0) is 24.6 Å². The Kier molecular flexibility index (Phi) is 2.47. The van der Waals surface area contributed by atoms with Gasteiger partial charge in [-0.3, -0.25) is 0 Å². The van der Waals surface area contributed by atoms with Crippen LogP contribution in [0.1, 0.15) is 5.56 Å². The van der Waals surface area contributed by atoms with E-state index in [1.54, 1.807) is 0 Å². The Morgan fingerprint density at radius 3 is 2.85 bits per heavy atom. The lowest BCUT2D eigenvalue weighted by molar-refractivity contribution is 0.0455. The molecule has 2 N–H and O–H groups in total. The Hall–Kier alpha value is -0.670. The molecular formula is C10H13NOS. The summed E-state index contributed by atoms with van der Waals surface area (Å²) in [7, 11) is 0. The number of thioether (sulfide) groups is 1. The summed E-state index contributed by atoms with van der Waals surface area (Å²) in [5.74, 6) is 0. The van der Waals surface area contributed by atoms with Crippen molar-refractivity contribution >= 4 is 17.4 Å². The molecule has 1 saturated heterocycles. The Morgan fingerprint density at radius 1 is 1.46 bits per heavy atom. The number of nitrogen functional groups attached to an aromatic ring is 1. The van der Waals surface area contributed by atoms with E-state index in [2.05, 4.69) is 13.0 Å². The predicted molar refractivity (Wildman–Crippen MR) is 56.1 cm³/mol. The molecule has 1 aromatic carbocycles. The lowest BCUT2D eigenvalue weighted by Crippen LogP contribution is -2.30. The molecule has 0 atom stereocenters. The summed E-state index contributed by atoms with van der Waals surface area (Å²) in [4.78, 5) is 1.19. The first-order chi connectivity index (χ1) is 6.25. The third-order valence-corrected chi connectivity index (χ3v) is 3.28. The molecule has 1 fully saturated rings. The van der Waals surface area contributed by atoms with E-state index >= 15 is 0 Å². The van der Waals surface area contributed by atoms with Crippen LogP contribution >= 0.6 is 11.8 Å². The maximum absolute atomic E-state index is 5.85. The molecular weight excluding hydrogens is 182 g/mol. The Morgan fingerprint density at radius 2 is 2.23 bits per heavy atom. The van der Waals surface area contributed by atoms with Crippen molar-refractivity contribution in [2.45, 2.75) is 17.1 Å². The second-order valence-corrected chi connectivity index (χ2v) is 4.66. The second kappa shape index (κ2) is 3.60. The highest BCUT2D eigenvalue weighted by atomic mass is 32.2. The van der Waals surface area contributed by atoms with Crippen LogP contribution in [0.15, 0.2) is 23.1 Å². The maximum Gasteiger partial charge on any atom is 0.0611 e. The normalized spacial score (nSPS) is 17.0. The van der Waals surface area contributed by atoms with E-state index in [-0.39, 0.29) is 0 Å². The molecule has 0 amide bonds. The highest BCUT2D eigenvalue weighted by molar-refractivity contribution is 8.00. The van der Waals surface area contributed by atoms with Crippen LogP contribution in [0.5, 0.6) is 0 Å². The van der Waals surface area contributed by atoms with Gasteiger partial charge in [0.2, 0.25) is 0 Å². The van der Waals surface area contributed by atoms with Crippen LogP contribution in [0, 0.1) is 6.92 Å². The van der Waals surface area contributed by atoms with Crippen LogP contribution in [0.25, 0.3) is 0 Å². The minimum absolute atomic E-state index is 0.601. The number of hydrogen-bond acceptors (Lipinski definition) is 3. The van der Waals surface area contributed by atoms with Crippen molar-refractivity contribution in [3.05, 3.63) is 23.8 Å². The van der Waals surface area contributed by atoms with Crippen molar-refractivity contribution in [3.8, 4) is 0 Å². The number of ether oxygens (including phenoxy) is 1. The Bertz CT molecular complexity index is 310. The minimum Gasteiger partial charge on any atom is -0.398 e. The van der Waals surface area contributed by atoms with Gasteiger partial charge in [-0.1, -0.05) is 6.07 Å². The summed E-state index contributed by atoms with van der Waals surface area (Å²) in [6.45, 7) is 3.80. The molecule has 3 heteroatoms. The Balaban J connectivity index is 2.13. The van der Waals surface area contributed by atoms with E-state index in [0.29, 0.717) is 5.25 Å². The molecule has 2 rings (SSSR count). The summed E-state index contributed by atoms with van der Waals surface area (Å²) >= 11 is 1.82. The van der Waals surface area contributed by atoms with Crippen molar-refractivity contribution in [2.24, 2.45) is 0 Å². The van der Waals surface area contributed by atoms with E-state index in [4.69, 9.17) is 10.5 Å². The van der Waals surface area contributed by atoms with Gasteiger partial charge in [-0.2, -0.15) is 0 Å². The van der Waals surface area contributed by atoms with E-state index in [9.17, 15) is 0 Å². The van der Waals surface area contributed by atoms with Crippen LogP contribution in [-0.2, 0) is 4.74 Å². The van der Waals surface area contributed by atoms with Crippen LogP contribution in [0.2, 0.25) is 0 Å². The molecule has 13 heavy (non-hydrogen) atoms. The third-order valence-electron chi connectivity index (χ3n) is 2.07. The summed E-state index contributed by atoms with van der Waals surface area (Å²) in [6, 6.07) is 6.15. The number of anilines is 1. The molecule has 0 radical (unpaired) electrons. The molecule has 1 aliphatic heterocycles. The summed E-state index contributed by atoms with van der Waals surface area (Å²) in [5.41, 5.74) is 7.99. The minimum atomic E-state index is 0.601. The summed E-state index contributed by atoms with van der Waals surface area (Å²) in [5, 5.41) is 0.601. The molecule has 70 valence electrons. The SMILES string of the molecule is Cc1ccc(N)c(SC2COC2)c1. The Labute approximate surface area is 82.5 Å². The molecule has 0 aromatic heterocycles. The maximum atomic E-state index is 5.85. The zero-order chi connectivity index (χ0) is 9.26. The van der Waals surface area contributed by atoms with Crippen LogP contribution in [0.4, 0.5) is 5.69 Å². The average molecular weight is 195 g/mol. The fourth-order valence-corrected chi connectivity index (χ4v) is 2.35. The molecule has 1 aromatic rings.